The van der Waals surface area contributed by atoms with Crippen molar-refractivity contribution in [2.75, 3.05) is 32.8 Å². The highest BCUT2D eigenvalue weighted by Crippen LogP contribution is 2.22. The fourth-order valence-corrected chi connectivity index (χ4v) is 3.40. The molecule has 0 aliphatic carbocycles. The minimum atomic E-state index is -0.646. The Kier molecular flexibility index (Phi) is 6.08. The van der Waals surface area contributed by atoms with Gasteiger partial charge in [0, 0.05) is 26.1 Å². The van der Waals surface area contributed by atoms with Gasteiger partial charge >= 0.3 is 0 Å². The molecule has 28 heavy (non-hydrogen) atoms. The predicted octanol–water partition coefficient (Wildman–Crippen LogP) is 0.672. The lowest BCUT2D eigenvalue weighted by atomic mass is 10.0. The number of morpholine rings is 1. The van der Waals surface area contributed by atoms with Crippen molar-refractivity contribution in [1.82, 2.24) is 15.1 Å². The number of nitrogens with one attached hydrogen (secondary N) is 1. The number of fused-ring (bicyclic) bond motifs is 1. The van der Waals surface area contributed by atoms with Crippen molar-refractivity contribution in [3.05, 3.63) is 35.4 Å². The highest BCUT2D eigenvalue weighted by molar-refractivity contribution is 6.21. The molecule has 0 unspecified atom stereocenters. The number of carbonyl (C=O) groups excluding carboxylic acids is 4. The summed E-state index contributed by atoms with van der Waals surface area (Å²) in [6.07, 6.45) is -0.0505. The molecule has 0 saturated carbocycles. The van der Waals surface area contributed by atoms with Gasteiger partial charge < -0.3 is 15.0 Å². The lowest BCUT2D eigenvalue weighted by molar-refractivity contribution is -0.141. The van der Waals surface area contributed by atoms with Crippen molar-refractivity contribution in [1.29, 1.82) is 0 Å². The number of amides is 4. The van der Waals surface area contributed by atoms with Crippen LogP contribution in [0.2, 0.25) is 0 Å². The Hall–Kier alpha value is -2.74. The van der Waals surface area contributed by atoms with Gasteiger partial charge in [-0.3, -0.25) is 24.1 Å². The third-order valence-corrected chi connectivity index (χ3v) is 5.01. The van der Waals surface area contributed by atoms with E-state index in [0.717, 1.165) is 4.90 Å². The second-order valence-electron chi connectivity index (χ2n) is 7.28. The van der Waals surface area contributed by atoms with Crippen molar-refractivity contribution in [3.63, 3.8) is 0 Å². The van der Waals surface area contributed by atoms with Crippen molar-refractivity contribution >= 4 is 23.6 Å². The van der Waals surface area contributed by atoms with Crippen molar-refractivity contribution in [3.8, 4) is 0 Å². The van der Waals surface area contributed by atoms with Crippen LogP contribution >= 0.6 is 0 Å². The second kappa shape index (κ2) is 8.52. The van der Waals surface area contributed by atoms with Crippen molar-refractivity contribution < 1.29 is 23.9 Å². The van der Waals surface area contributed by atoms with E-state index in [0.29, 0.717) is 37.4 Å². The van der Waals surface area contributed by atoms with Crippen molar-refractivity contribution in [2.45, 2.75) is 26.3 Å². The van der Waals surface area contributed by atoms with Gasteiger partial charge in [-0.1, -0.05) is 26.0 Å². The maximum atomic E-state index is 12.7. The van der Waals surface area contributed by atoms with E-state index in [-0.39, 0.29) is 30.7 Å². The Morgan fingerprint density at radius 2 is 1.64 bits per heavy atom. The molecule has 8 heteroatoms. The lowest BCUT2D eigenvalue weighted by Gasteiger charge is -2.32. The van der Waals surface area contributed by atoms with Crippen LogP contribution in [0.4, 0.5) is 0 Å². The van der Waals surface area contributed by atoms with Crippen molar-refractivity contribution in [2.24, 2.45) is 5.92 Å². The number of carbonyl (C=O) groups is 4. The Morgan fingerprint density at radius 3 is 2.18 bits per heavy atom. The number of nitrogens with zero attached hydrogens (tertiary/aromatic N) is 2. The summed E-state index contributed by atoms with van der Waals surface area (Å²) in [5, 5.41) is 2.77. The van der Waals surface area contributed by atoms with Gasteiger partial charge in [-0.25, -0.2) is 0 Å². The zero-order chi connectivity index (χ0) is 20.3. The van der Waals surface area contributed by atoms with Gasteiger partial charge in [0.15, 0.2) is 0 Å². The molecule has 2 aliphatic rings. The summed E-state index contributed by atoms with van der Waals surface area (Å²) in [5.41, 5.74) is 0.714. The Balaban J connectivity index is 1.57. The monoisotopic (exact) mass is 387 g/mol. The number of benzene rings is 1. The molecule has 1 fully saturated rings. The highest BCUT2D eigenvalue weighted by atomic mass is 16.5. The Morgan fingerprint density at radius 1 is 1.07 bits per heavy atom. The molecule has 150 valence electrons. The fourth-order valence-electron chi connectivity index (χ4n) is 3.40. The number of rotatable bonds is 6. The molecule has 4 amide bonds. The van der Waals surface area contributed by atoms with Gasteiger partial charge in [-0.15, -0.1) is 0 Å². The minimum absolute atomic E-state index is 0.0191. The normalized spacial score (nSPS) is 17.7. The molecule has 1 saturated heterocycles. The molecule has 1 atom stereocenters. The van der Waals surface area contributed by atoms with Crippen LogP contribution in [0.1, 0.15) is 41.0 Å². The van der Waals surface area contributed by atoms with E-state index < -0.39 is 17.9 Å². The van der Waals surface area contributed by atoms with Crippen LogP contribution < -0.4 is 5.32 Å². The lowest BCUT2D eigenvalue weighted by Crippen LogP contribution is -2.54. The molecular weight excluding hydrogens is 362 g/mol. The number of hydrogen-bond donors (Lipinski definition) is 1. The van der Waals surface area contributed by atoms with E-state index in [9.17, 15) is 19.2 Å². The molecule has 1 aromatic carbocycles. The molecule has 0 bridgehead atoms. The average Bonchev–Trinajstić information content (AvgIpc) is 2.95. The summed E-state index contributed by atoms with van der Waals surface area (Å²) < 4.78 is 5.26. The van der Waals surface area contributed by atoms with Crippen LogP contribution in [-0.4, -0.2) is 72.3 Å². The van der Waals surface area contributed by atoms with Crippen LogP contribution in [0, 0.1) is 5.92 Å². The van der Waals surface area contributed by atoms with E-state index in [1.54, 1.807) is 29.2 Å². The van der Waals surface area contributed by atoms with Gasteiger partial charge in [0.1, 0.15) is 6.04 Å². The first-order valence-corrected chi connectivity index (χ1v) is 9.51. The predicted molar refractivity (Wildman–Crippen MR) is 101 cm³/mol. The molecule has 0 aromatic heterocycles. The molecule has 2 heterocycles. The van der Waals surface area contributed by atoms with E-state index in [1.807, 2.05) is 13.8 Å². The van der Waals surface area contributed by atoms with Crippen LogP contribution in [0.5, 0.6) is 0 Å². The summed E-state index contributed by atoms with van der Waals surface area (Å²) >= 11 is 0. The quantitative estimate of drug-likeness (QED) is 0.724. The van der Waals surface area contributed by atoms with Gasteiger partial charge in [0.05, 0.1) is 24.3 Å². The van der Waals surface area contributed by atoms with Crippen LogP contribution in [0.15, 0.2) is 24.3 Å². The summed E-state index contributed by atoms with van der Waals surface area (Å²) in [7, 11) is 0. The zero-order valence-corrected chi connectivity index (χ0v) is 16.1. The van der Waals surface area contributed by atoms with Gasteiger partial charge in [0.2, 0.25) is 11.8 Å². The molecule has 0 spiro atoms. The average molecular weight is 387 g/mol. The van der Waals surface area contributed by atoms with Gasteiger partial charge in [-0.05, 0) is 18.1 Å². The third kappa shape index (κ3) is 4.06. The largest absolute Gasteiger partial charge is 0.378 e. The van der Waals surface area contributed by atoms with Crippen LogP contribution in [0.3, 0.4) is 0 Å². The second-order valence-corrected chi connectivity index (χ2v) is 7.28. The number of imide groups is 1. The molecule has 0 radical (unpaired) electrons. The maximum Gasteiger partial charge on any atom is 0.261 e. The molecule has 8 nitrogen and oxygen atoms in total. The van der Waals surface area contributed by atoms with Crippen LogP contribution in [-0.2, 0) is 14.3 Å². The number of ether oxygens (including phenoxy) is 1. The van der Waals surface area contributed by atoms with Gasteiger partial charge in [-0.2, -0.15) is 0 Å². The van der Waals surface area contributed by atoms with E-state index in [2.05, 4.69) is 5.32 Å². The van der Waals surface area contributed by atoms with E-state index in [1.165, 1.54) is 0 Å². The first kappa shape index (κ1) is 20.0. The third-order valence-electron chi connectivity index (χ3n) is 5.01. The van der Waals surface area contributed by atoms with Crippen LogP contribution in [0.25, 0.3) is 0 Å². The Labute approximate surface area is 163 Å². The molecular formula is C20H25N3O5. The maximum absolute atomic E-state index is 12.7. The van der Waals surface area contributed by atoms with E-state index in [4.69, 9.17) is 4.74 Å². The number of hydrogen-bond acceptors (Lipinski definition) is 5. The summed E-state index contributed by atoms with van der Waals surface area (Å²) in [6.45, 7) is 5.71. The standard InChI is InChI=1S/C20H25N3O5/c1-13(2)17(20(27)22-9-11-28-12-10-22)21-16(24)7-8-23-18(25)14-5-3-4-6-15(14)19(23)26/h3-6,13,17H,7-12H2,1-2H3,(H,21,24)/t17-/m0/s1. The molecule has 1 aromatic rings. The highest BCUT2D eigenvalue weighted by Gasteiger charge is 2.35. The Bertz CT molecular complexity index is 751. The van der Waals surface area contributed by atoms with Gasteiger partial charge in [0.25, 0.3) is 11.8 Å². The summed E-state index contributed by atoms with van der Waals surface area (Å²) in [5.74, 6) is -1.36. The smallest absolute Gasteiger partial charge is 0.261 e. The fraction of sp³-hybridized carbons (Fsp3) is 0.500. The molecule has 3 rings (SSSR count). The summed E-state index contributed by atoms with van der Waals surface area (Å²) in [6, 6.07) is 5.96. The zero-order valence-electron chi connectivity index (χ0n) is 16.1. The topological polar surface area (TPSA) is 96.0 Å². The summed E-state index contributed by atoms with van der Waals surface area (Å²) in [4.78, 5) is 52.7. The molecule has 1 N–H and O–H groups in total. The minimum Gasteiger partial charge on any atom is -0.378 e. The molecule has 2 aliphatic heterocycles. The first-order valence-electron chi connectivity index (χ1n) is 9.51. The first-order chi connectivity index (χ1) is 13.4. The van der Waals surface area contributed by atoms with E-state index >= 15 is 0 Å². The SMILES string of the molecule is CC(C)[C@H](NC(=O)CCN1C(=O)c2ccccc2C1=O)C(=O)N1CCOCC1.